The molecule has 2 N–H and O–H groups in total. The van der Waals surface area contributed by atoms with Crippen molar-refractivity contribution >= 4 is 35.1 Å². The van der Waals surface area contributed by atoms with E-state index in [1.807, 2.05) is 60.9 Å². The number of urea groups is 1. The second-order valence-corrected chi connectivity index (χ2v) is 6.39. The number of carbonyl (C=O) groups is 2. The van der Waals surface area contributed by atoms with Gasteiger partial charge in [0.2, 0.25) is 5.91 Å². The normalized spacial score (nSPS) is 17.0. The molecule has 124 valence electrons. The molecule has 1 heterocycles. The number of carbonyl (C=O) groups excluding carboxylic acids is 2. The second-order valence-electron chi connectivity index (χ2n) is 5.54. The third-order valence-corrected chi connectivity index (χ3v) is 4.68. The van der Waals surface area contributed by atoms with E-state index in [0.717, 1.165) is 16.3 Å². The Kier molecular flexibility index (Phi) is 5.05. The van der Waals surface area contributed by atoms with E-state index >= 15 is 0 Å². The molecule has 0 saturated carbocycles. The van der Waals surface area contributed by atoms with E-state index < -0.39 is 0 Å². The average Bonchev–Trinajstić information content (AvgIpc) is 2.96. The number of para-hydroxylation sites is 2. The third-order valence-electron chi connectivity index (χ3n) is 3.88. The lowest BCUT2D eigenvalue weighted by Gasteiger charge is -2.17. The summed E-state index contributed by atoms with van der Waals surface area (Å²) in [5, 5.41) is 5.74. The number of hydrogen-bond acceptors (Lipinski definition) is 3. The summed E-state index contributed by atoms with van der Waals surface area (Å²) >= 11 is 1.57. The highest BCUT2D eigenvalue weighted by molar-refractivity contribution is 7.98. The number of nitrogens with one attached hydrogen (secondary N) is 2. The Morgan fingerprint density at radius 2 is 1.83 bits per heavy atom. The van der Waals surface area contributed by atoms with Crippen molar-refractivity contribution in [2.45, 2.75) is 17.4 Å². The van der Waals surface area contributed by atoms with Gasteiger partial charge in [-0.25, -0.2) is 4.79 Å². The minimum Gasteiger partial charge on any atom is -0.333 e. The minimum absolute atomic E-state index is 0.0241. The monoisotopic (exact) mass is 341 g/mol. The molecule has 6 heteroatoms. The van der Waals surface area contributed by atoms with Crippen molar-refractivity contribution in [3.63, 3.8) is 0 Å². The predicted molar refractivity (Wildman–Crippen MR) is 97.6 cm³/mol. The summed E-state index contributed by atoms with van der Waals surface area (Å²) in [4.78, 5) is 27.1. The number of thioether (sulfide) groups is 1. The molecule has 1 atom stereocenters. The van der Waals surface area contributed by atoms with E-state index in [1.165, 1.54) is 0 Å². The van der Waals surface area contributed by atoms with Gasteiger partial charge in [0.1, 0.15) is 0 Å². The Hall–Kier alpha value is -2.47. The maximum absolute atomic E-state index is 12.2. The second kappa shape index (κ2) is 7.40. The van der Waals surface area contributed by atoms with Gasteiger partial charge in [0.25, 0.3) is 0 Å². The summed E-state index contributed by atoms with van der Waals surface area (Å²) in [5.74, 6) is 0.0241. The zero-order valence-corrected chi connectivity index (χ0v) is 14.2. The van der Waals surface area contributed by atoms with Crippen LogP contribution in [0, 0.1) is 0 Å². The minimum atomic E-state index is -0.288. The summed E-state index contributed by atoms with van der Waals surface area (Å²) in [6.45, 7) is 0.487. The molecule has 3 amide bonds. The largest absolute Gasteiger partial charge is 0.333 e. The number of hydrogen-bond donors (Lipinski definition) is 2. The zero-order valence-electron chi connectivity index (χ0n) is 13.4. The van der Waals surface area contributed by atoms with Gasteiger partial charge < -0.3 is 15.5 Å². The number of nitrogens with zero attached hydrogens (tertiary/aromatic N) is 1. The molecule has 0 radical (unpaired) electrons. The third kappa shape index (κ3) is 3.71. The number of anilines is 2. The molecule has 1 aliphatic heterocycles. The lowest BCUT2D eigenvalue weighted by Crippen LogP contribution is -2.39. The molecule has 2 aromatic rings. The van der Waals surface area contributed by atoms with Gasteiger partial charge in [-0.1, -0.05) is 30.3 Å². The van der Waals surface area contributed by atoms with Gasteiger partial charge in [-0.05, 0) is 30.5 Å². The molecule has 0 spiro atoms. The fourth-order valence-corrected chi connectivity index (χ4v) is 3.31. The Morgan fingerprint density at radius 1 is 1.12 bits per heavy atom. The van der Waals surface area contributed by atoms with E-state index in [-0.39, 0.29) is 18.0 Å². The highest BCUT2D eigenvalue weighted by atomic mass is 32.2. The van der Waals surface area contributed by atoms with Crippen molar-refractivity contribution < 1.29 is 9.59 Å². The molecular weight excluding hydrogens is 322 g/mol. The maximum atomic E-state index is 12.2. The van der Waals surface area contributed by atoms with Gasteiger partial charge in [-0.2, -0.15) is 0 Å². The van der Waals surface area contributed by atoms with Gasteiger partial charge in [0.15, 0.2) is 0 Å². The van der Waals surface area contributed by atoms with Crippen LogP contribution in [0.4, 0.5) is 16.2 Å². The van der Waals surface area contributed by atoms with Crippen molar-refractivity contribution in [2.75, 3.05) is 23.0 Å². The smallest absolute Gasteiger partial charge is 0.319 e. The maximum Gasteiger partial charge on any atom is 0.319 e. The van der Waals surface area contributed by atoms with Crippen molar-refractivity contribution in [1.82, 2.24) is 5.32 Å². The molecule has 0 bridgehead atoms. The molecule has 3 rings (SSSR count). The van der Waals surface area contributed by atoms with Gasteiger partial charge in [0, 0.05) is 23.5 Å². The topological polar surface area (TPSA) is 61.4 Å². The molecule has 0 aliphatic carbocycles. The number of rotatable bonds is 4. The van der Waals surface area contributed by atoms with Gasteiger partial charge in [-0.15, -0.1) is 11.8 Å². The van der Waals surface area contributed by atoms with Gasteiger partial charge in [-0.3, -0.25) is 4.79 Å². The van der Waals surface area contributed by atoms with Crippen LogP contribution >= 0.6 is 11.8 Å². The number of amides is 3. The fourth-order valence-electron chi connectivity index (χ4n) is 2.75. The summed E-state index contributed by atoms with van der Waals surface area (Å²) in [6.07, 6.45) is 2.28. The van der Waals surface area contributed by atoms with Crippen LogP contribution in [0.25, 0.3) is 0 Å². The first-order chi connectivity index (χ1) is 11.7. The van der Waals surface area contributed by atoms with Crippen LogP contribution in [-0.2, 0) is 4.79 Å². The highest BCUT2D eigenvalue weighted by Gasteiger charge is 2.31. The summed E-state index contributed by atoms with van der Waals surface area (Å²) in [6, 6.07) is 16.7. The van der Waals surface area contributed by atoms with Crippen LogP contribution in [0.5, 0.6) is 0 Å². The van der Waals surface area contributed by atoms with Gasteiger partial charge >= 0.3 is 6.03 Å². The first kappa shape index (κ1) is 16.4. The van der Waals surface area contributed by atoms with E-state index in [1.54, 1.807) is 16.7 Å². The van der Waals surface area contributed by atoms with Crippen molar-refractivity contribution in [2.24, 2.45) is 0 Å². The molecule has 2 aromatic carbocycles. The molecule has 1 fully saturated rings. The average molecular weight is 341 g/mol. The molecule has 1 aliphatic rings. The standard InChI is InChI=1S/C18H19N3O2S/c1-24-16-10-6-5-9-15(16)20-18(23)19-13-11-17(22)21(12-13)14-7-3-2-4-8-14/h2-10,13H,11-12H2,1H3,(H2,19,20,23)/t13-/m0/s1. The Balaban J connectivity index is 1.61. The van der Waals surface area contributed by atoms with E-state index in [2.05, 4.69) is 10.6 Å². The Morgan fingerprint density at radius 3 is 2.58 bits per heavy atom. The molecule has 0 aromatic heterocycles. The van der Waals surface area contributed by atoms with Crippen molar-refractivity contribution in [3.05, 3.63) is 54.6 Å². The number of benzene rings is 2. The zero-order chi connectivity index (χ0) is 16.9. The first-order valence-electron chi connectivity index (χ1n) is 7.73. The lowest BCUT2D eigenvalue weighted by atomic mass is 10.2. The quantitative estimate of drug-likeness (QED) is 0.839. The van der Waals surface area contributed by atoms with Crippen LogP contribution in [-0.4, -0.2) is 30.8 Å². The van der Waals surface area contributed by atoms with Crippen LogP contribution < -0.4 is 15.5 Å². The summed E-state index contributed by atoms with van der Waals surface area (Å²) in [5.41, 5.74) is 1.63. The SMILES string of the molecule is CSc1ccccc1NC(=O)N[C@H]1CC(=O)N(c2ccccc2)C1. The van der Waals surface area contributed by atoms with Crippen LogP contribution in [0.15, 0.2) is 59.5 Å². The predicted octanol–water partition coefficient (Wildman–Crippen LogP) is 3.34. The molecule has 1 saturated heterocycles. The summed E-state index contributed by atoms with van der Waals surface area (Å²) < 4.78 is 0. The van der Waals surface area contributed by atoms with Crippen molar-refractivity contribution in [1.29, 1.82) is 0 Å². The van der Waals surface area contributed by atoms with Crippen LogP contribution in [0.3, 0.4) is 0 Å². The first-order valence-corrected chi connectivity index (χ1v) is 8.96. The van der Waals surface area contributed by atoms with Gasteiger partial charge in [0.05, 0.1) is 11.7 Å². The summed E-state index contributed by atoms with van der Waals surface area (Å²) in [7, 11) is 0. The van der Waals surface area contributed by atoms with E-state index in [4.69, 9.17) is 0 Å². The van der Waals surface area contributed by atoms with Crippen LogP contribution in [0.2, 0.25) is 0 Å². The molecule has 5 nitrogen and oxygen atoms in total. The van der Waals surface area contributed by atoms with Crippen LogP contribution in [0.1, 0.15) is 6.42 Å². The Bertz CT molecular complexity index is 736. The highest BCUT2D eigenvalue weighted by Crippen LogP contribution is 2.25. The molecular formula is C18H19N3O2S. The fraction of sp³-hybridized carbons (Fsp3) is 0.222. The van der Waals surface area contributed by atoms with E-state index in [0.29, 0.717) is 13.0 Å². The van der Waals surface area contributed by atoms with E-state index in [9.17, 15) is 9.59 Å². The van der Waals surface area contributed by atoms with Crippen molar-refractivity contribution in [3.8, 4) is 0 Å². The Labute approximate surface area is 145 Å². The lowest BCUT2D eigenvalue weighted by molar-refractivity contribution is -0.117. The molecule has 24 heavy (non-hydrogen) atoms. The molecule has 0 unspecified atom stereocenters.